The van der Waals surface area contributed by atoms with Crippen molar-refractivity contribution in [3.05, 3.63) is 40.5 Å². The van der Waals surface area contributed by atoms with Gasteiger partial charge in [0.15, 0.2) is 0 Å². The molecule has 16 heavy (non-hydrogen) atoms. The summed E-state index contributed by atoms with van der Waals surface area (Å²) in [5, 5.41) is 1.12. The molecule has 0 aliphatic rings. The average Bonchev–Trinajstić information content (AvgIpc) is 2.71. The van der Waals surface area contributed by atoms with E-state index in [4.69, 9.17) is 5.73 Å². The lowest BCUT2D eigenvalue weighted by atomic mass is 10.1. The molecule has 0 radical (unpaired) electrons. The number of aromatic nitrogens is 1. The van der Waals surface area contributed by atoms with Gasteiger partial charge in [-0.15, -0.1) is 11.3 Å². The van der Waals surface area contributed by atoms with Crippen molar-refractivity contribution in [2.45, 2.75) is 20.3 Å². The highest BCUT2D eigenvalue weighted by molar-refractivity contribution is 7.15. The molecule has 0 fully saturated rings. The van der Waals surface area contributed by atoms with Crippen molar-refractivity contribution in [3.8, 4) is 10.4 Å². The van der Waals surface area contributed by atoms with Crippen LogP contribution in [0.3, 0.4) is 0 Å². The third kappa shape index (κ3) is 2.31. The predicted octanol–water partition coefficient (Wildman–Crippen LogP) is 2.93. The van der Waals surface area contributed by atoms with Gasteiger partial charge < -0.3 is 5.73 Å². The minimum atomic E-state index is 0.666. The van der Waals surface area contributed by atoms with Gasteiger partial charge in [-0.05, 0) is 31.5 Å². The van der Waals surface area contributed by atoms with Crippen molar-refractivity contribution in [1.29, 1.82) is 0 Å². The molecule has 0 saturated heterocycles. The molecule has 84 valence electrons. The van der Waals surface area contributed by atoms with E-state index in [1.807, 2.05) is 6.20 Å². The quantitative estimate of drug-likeness (QED) is 0.883. The van der Waals surface area contributed by atoms with Gasteiger partial charge in [-0.3, -0.25) is 0 Å². The topological polar surface area (TPSA) is 38.9 Å². The van der Waals surface area contributed by atoms with Crippen LogP contribution in [0.1, 0.15) is 16.1 Å². The first kappa shape index (κ1) is 11.3. The fourth-order valence-corrected chi connectivity index (χ4v) is 2.69. The van der Waals surface area contributed by atoms with Crippen molar-refractivity contribution in [3.63, 3.8) is 0 Å². The first-order chi connectivity index (χ1) is 7.70. The van der Waals surface area contributed by atoms with Crippen molar-refractivity contribution in [2.24, 2.45) is 5.73 Å². The second-order valence-electron chi connectivity index (χ2n) is 3.98. The van der Waals surface area contributed by atoms with Gasteiger partial charge in [0.25, 0.3) is 0 Å². The molecule has 0 unspecified atom stereocenters. The van der Waals surface area contributed by atoms with Gasteiger partial charge in [0, 0.05) is 12.6 Å². The summed E-state index contributed by atoms with van der Waals surface area (Å²) in [6.07, 6.45) is 2.83. The zero-order valence-electron chi connectivity index (χ0n) is 9.66. The van der Waals surface area contributed by atoms with Gasteiger partial charge in [0.1, 0.15) is 0 Å². The SMILES string of the molecule is Cc1ccc(C)c(-c2cnc(CCN)s2)c1. The third-order valence-electron chi connectivity index (χ3n) is 2.57. The molecule has 0 aliphatic heterocycles. The lowest BCUT2D eigenvalue weighted by Gasteiger charge is -2.03. The van der Waals surface area contributed by atoms with E-state index in [2.05, 4.69) is 37.0 Å². The summed E-state index contributed by atoms with van der Waals surface area (Å²) in [7, 11) is 0. The van der Waals surface area contributed by atoms with Crippen LogP contribution in [0, 0.1) is 13.8 Å². The van der Waals surface area contributed by atoms with Crippen molar-refractivity contribution < 1.29 is 0 Å². The monoisotopic (exact) mass is 232 g/mol. The molecule has 0 atom stereocenters. The highest BCUT2D eigenvalue weighted by Gasteiger charge is 2.06. The van der Waals surface area contributed by atoms with Crippen LogP contribution in [0.4, 0.5) is 0 Å². The zero-order valence-corrected chi connectivity index (χ0v) is 10.5. The number of nitrogens with two attached hydrogens (primary N) is 1. The Kier molecular flexibility index (Phi) is 3.36. The normalized spacial score (nSPS) is 10.7. The van der Waals surface area contributed by atoms with Gasteiger partial charge in [0.05, 0.1) is 9.88 Å². The Morgan fingerprint density at radius 3 is 2.88 bits per heavy atom. The van der Waals surface area contributed by atoms with E-state index in [0.717, 1.165) is 11.4 Å². The molecule has 3 heteroatoms. The summed E-state index contributed by atoms with van der Waals surface area (Å²) in [6.45, 7) is 4.92. The Hall–Kier alpha value is -1.19. The number of benzene rings is 1. The first-order valence-corrected chi connectivity index (χ1v) is 6.25. The summed E-state index contributed by atoms with van der Waals surface area (Å²) in [5.41, 5.74) is 9.41. The summed E-state index contributed by atoms with van der Waals surface area (Å²) in [4.78, 5) is 5.63. The molecule has 0 bridgehead atoms. The molecule has 1 heterocycles. The lowest BCUT2D eigenvalue weighted by molar-refractivity contribution is 0.953. The maximum atomic E-state index is 5.53. The lowest BCUT2D eigenvalue weighted by Crippen LogP contribution is -2.01. The van der Waals surface area contributed by atoms with Gasteiger partial charge in [0.2, 0.25) is 0 Å². The summed E-state index contributed by atoms with van der Waals surface area (Å²) in [5.74, 6) is 0. The van der Waals surface area contributed by atoms with Gasteiger partial charge >= 0.3 is 0 Å². The Bertz CT molecular complexity index is 488. The minimum Gasteiger partial charge on any atom is -0.330 e. The van der Waals surface area contributed by atoms with Crippen LogP contribution in [-0.2, 0) is 6.42 Å². The predicted molar refractivity (Wildman–Crippen MR) is 69.8 cm³/mol. The van der Waals surface area contributed by atoms with Crippen LogP contribution in [0.2, 0.25) is 0 Å². The molecule has 2 nitrogen and oxygen atoms in total. The van der Waals surface area contributed by atoms with E-state index < -0.39 is 0 Å². The fourth-order valence-electron chi connectivity index (χ4n) is 1.68. The largest absolute Gasteiger partial charge is 0.330 e. The molecular formula is C13H16N2S. The van der Waals surface area contributed by atoms with Crippen LogP contribution in [-0.4, -0.2) is 11.5 Å². The number of rotatable bonds is 3. The van der Waals surface area contributed by atoms with Crippen LogP contribution in [0.15, 0.2) is 24.4 Å². The fraction of sp³-hybridized carbons (Fsp3) is 0.308. The minimum absolute atomic E-state index is 0.666. The molecule has 0 spiro atoms. The van der Waals surface area contributed by atoms with E-state index in [-0.39, 0.29) is 0 Å². The number of aryl methyl sites for hydroxylation is 2. The zero-order chi connectivity index (χ0) is 11.5. The van der Waals surface area contributed by atoms with Crippen molar-refractivity contribution in [1.82, 2.24) is 4.98 Å². The number of hydrogen-bond acceptors (Lipinski definition) is 3. The molecule has 1 aromatic carbocycles. The third-order valence-corrected chi connectivity index (χ3v) is 3.66. The smallest absolute Gasteiger partial charge is 0.0943 e. The number of hydrogen-bond donors (Lipinski definition) is 1. The molecule has 0 saturated carbocycles. The second kappa shape index (κ2) is 4.76. The molecule has 0 amide bonds. The Labute approximate surface area is 100 Å². The maximum Gasteiger partial charge on any atom is 0.0943 e. The van der Waals surface area contributed by atoms with Crippen molar-refractivity contribution >= 4 is 11.3 Å². The summed E-state index contributed by atoms with van der Waals surface area (Å²) < 4.78 is 0. The van der Waals surface area contributed by atoms with E-state index in [1.54, 1.807) is 11.3 Å². The molecule has 0 aliphatic carbocycles. The highest BCUT2D eigenvalue weighted by Crippen LogP contribution is 2.29. The molecule has 2 rings (SSSR count). The van der Waals surface area contributed by atoms with Crippen LogP contribution in [0.5, 0.6) is 0 Å². The van der Waals surface area contributed by atoms with Gasteiger partial charge in [-0.2, -0.15) is 0 Å². The Balaban J connectivity index is 2.38. The van der Waals surface area contributed by atoms with E-state index >= 15 is 0 Å². The second-order valence-corrected chi connectivity index (χ2v) is 5.09. The molecule has 2 N–H and O–H groups in total. The molecular weight excluding hydrogens is 216 g/mol. The Morgan fingerprint density at radius 1 is 1.31 bits per heavy atom. The van der Waals surface area contributed by atoms with Crippen molar-refractivity contribution in [2.75, 3.05) is 6.54 Å². The van der Waals surface area contributed by atoms with E-state index in [9.17, 15) is 0 Å². The van der Waals surface area contributed by atoms with E-state index in [0.29, 0.717) is 6.54 Å². The number of nitrogens with zero attached hydrogens (tertiary/aromatic N) is 1. The van der Waals surface area contributed by atoms with Crippen LogP contribution >= 0.6 is 11.3 Å². The van der Waals surface area contributed by atoms with Crippen LogP contribution < -0.4 is 5.73 Å². The standard InChI is InChI=1S/C13H16N2S/c1-9-3-4-10(2)11(7-9)12-8-15-13(16-12)5-6-14/h3-4,7-8H,5-6,14H2,1-2H3. The highest BCUT2D eigenvalue weighted by atomic mass is 32.1. The maximum absolute atomic E-state index is 5.53. The first-order valence-electron chi connectivity index (χ1n) is 5.43. The van der Waals surface area contributed by atoms with Gasteiger partial charge in [-0.25, -0.2) is 4.98 Å². The van der Waals surface area contributed by atoms with Gasteiger partial charge in [-0.1, -0.05) is 23.8 Å². The molecule has 2 aromatic rings. The van der Waals surface area contributed by atoms with Crippen LogP contribution in [0.25, 0.3) is 10.4 Å². The van der Waals surface area contributed by atoms with E-state index in [1.165, 1.54) is 21.6 Å². The molecule has 1 aromatic heterocycles. The summed E-state index contributed by atoms with van der Waals surface area (Å²) >= 11 is 1.74. The average molecular weight is 232 g/mol. The summed E-state index contributed by atoms with van der Waals surface area (Å²) in [6, 6.07) is 6.52. The number of thiazole rings is 1. The Morgan fingerprint density at radius 2 is 2.12 bits per heavy atom.